The third-order valence-corrected chi connectivity index (χ3v) is 3.47. The van der Waals surface area contributed by atoms with Crippen LogP contribution in [0.3, 0.4) is 0 Å². The van der Waals surface area contributed by atoms with Gasteiger partial charge in [-0.3, -0.25) is 0 Å². The second kappa shape index (κ2) is 7.66. The molecule has 0 N–H and O–H groups in total. The summed E-state index contributed by atoms with van der Waals surface area (Å²) in [6.07, 6.45) is 6.22. The second-order valence-electron chi connectivity index (χ2n) is 3.98. The zero-order valence-corrected chi connectivity index (χ0v) is 11.9. The van der Waals surface area contributed by atoms with Crippen LogP contribution in [-0.2, 0) is 10.8 Å². The van der Waals surface area contributed by atoms with E-state index in [-0.39, 0.29) is 0 Å². The number of hydrogen-bond donors (Lipinski definition) is 0. The van der Waals surface area contributed by atoms with Gasteiger partial charge in [-0.1, -0.05) is 42.0 Å². The van der Waals surface area contributed by atoms with Crippen LogP contribution in [0.15, 0.2) is 36.4 Å². The van der Waals surface area contributed by atoms with E-state index >= 15 is 0 Å². The lowest BCUT2D eigenvalue weighted by molar-refractivity contribution is 0.334. The topological polar surface area (TPSA) is 9.23 Å². The maximum Gasteiger partial charge on any atom is 0.170 e. The first-order chi connectivity index (χ1) is 7.70. The molecule has 0 radical (unpaired) electrons. The number of halogens is 1. The van der Waals surface area contributed by atoms with Crippen LogP contribution in [0.4, 0.5) is 0 Å². The Morgan fingerprint density at radius 2 is 2.00 bits per heavy atom. The van der Waals surface area contributed by atoms with Crippen LogP contribution in [-0.4, -0.2) is 15.6 Å². The molecule has 0 aromatic heterocycles. The van der Waals surface area contributed by atoms with E-state index in [0.29, 0.717) is 0 Å². The van der Waals surface area contributed by atoms with Crippen LogP contribution in [0.25, 0.3) is 0 Å². The molecule has 0 amide bonds. The molecule has 0 saturated heterocycles. The molecule has 1 aromatic carbocycles. The lowest BCUT2D eigenvalue weighted by atomic mass is 10.1. The van der Waals surface area contributed by atoms with Crippen molar-refractivity contribution in [2.24, 2.45) is 0 Å². The fourth-order valence-electron chi connectivity index (χ4n) is 1.36. The van der Waals surface area contributed by atoms with E-state index in [2.05, 4.69) is 31.3 Å². The summed E-state index contributed by atoms with van der Waals surface area (Å²) in [5.74, 6) is 0. The van der Waals surface area contributed by atoms with Crippen LogP contribution < -0.4 is 0 Å². The molecular weight excluding hydrogens is 236 g/mol. The van der Waals surface area contributed by atoms with E-state index < -0.39 is 9.04 Å². The van der Waals surface area contributed by atoms with Crippen LogP contribution in [0, 0.1) is 0 Å². The Kier molecular flexibility index (Phi) is 6.46. The molecule has 0 heterocycles. The Hall–Kier alpha value is -0.573. The molecule has 0 unspecified atom stereocenters. The average Bonchev–Trinajstić information content (AvgIpc) is 2.25. The minimum atomic E-state index is -0.845. The van der Waals surface area contributed by atoms with Crippen LogP contribution in [0.5, 0.6) is 0 Å². The summed E-state index contributed by atoms with van der Waals surface area (Å²) >= 11 is 6.05. The number of hydrogen-bond acceptors (Lipinski definition) is 1. The summed E-state index contributed by atoms with van der Waals surface area (Å²) in [5.41, 5.74) is 1.18. The van der Waals surface area contributed by atoms with Crippen molar-refractivity contribution in [1.82, 2.24) is 0 Å². The summed E-state index contributed by atoms with van der Waals surface area (Å²) in [6, 6.07) is 7.96. The highest BCUT2D eigenvalue weighted by molar-refractivity contribution is 6.48. The van der Waals surface area contributed by atoms with Crippen LogP contribution >= 0.6 is 11.6 Å². The zero-order chi connectivity index (χ0) is 11.8. The molecule has 3 heteroatoms. The van der Waals surface area contributed by atoms with Gasteiger partial charge >= 0.3 is 0 Å². The van der Waals surface area contributed by atoms with Gasteiger partial charge in [-0.25, -0.2) is 0 Å². The molecule has 0 atom stereocenters. The third-order valence-electron chi connectivity index (χ3n) is 2.20. The van der Waals surface area contributed by atoms with Gasteiger partial charge in [0, 0.05) is 11.6 Å². The molecular formula is C13H19ClOSi. The standard InChI is InChI=1S/C13H19ClOSi/c1-16(2)15-11-7-3-4-8-12-9-5-6-10-13(12)14/h3-6,9-10,16H,7-8,11H2,1-2H3. The lowest BCUT2D eigenvalue weighted by Crippen LogP contribution is -2.07. The SMILES string of the molecule is C[SiH](C)OCCC=CCc1ccccc1Cl. The van der Waals surface area contributed by atoms with Gasteiger partial charge in [-0.15, -0.1) is 0 Å². The zero-order valence-electron chi connectivity index (χ0n) is 9.95. The van der Waals surface area contributed by atoms with Gasteiger partial charge in [0.1, 0.15) is 0 Å². The van der Waals surface area contributed by atoms with E-state index in [0.717, 1.165) is 24.5 Å². The van der Waals surface area contributed by atoms with Crippen LogP contribution in [0.2, 0.25) is 18.1 Å². The van der Waals surface area contributed by atoms with Crippen molar-refractivity contribution in [3.63, 3.8) is 0 Å². The van der Waals surface area contributed by atoms with Gasteiger partial charge in [0.25, 0.3) is 0 Å². The first-order valence-electron chi connectivity index (χ1n) is 5.70. The quantitative estimate of drug-likeness (QED) is 0.426. The summed E-state index contributed by atoms with van der Waals surface area (Å²) in [6.45, 7) is 5.23. The molecule has 0 fully saturated rings. The summed E-state index contributed by atoms with van der Waals surface area (Å²) in [4.78, 5) is 0. The number of rotatable bonds is 6. The van der Waals surface area contributed by atoms with Crippen molar-refractivity contribution in [3.05, 3.63) is 47.0 Å². The predicted octanol–water partition coefficient (Wildman–Crippen LogP) is 3.83. The van der Waals surface area contributed by atoms with Crippen molar-refractivity contribution in [2.45, 2.75) is 25.9 Å². The van der Waals surface area contributed by atoms with E-state index in [1.54, 1.807) is 0 Å². The normalized spacial score (nSPS) is 11.5. The molecule has 1 nitrogen and oxygen atoms in total. The summed E-state index contributed by atoms with van der Waals surface area (Å²) in [7, 11) is -0.845. The average molecular weight is 255 g/mol. The molecule has 16 heavy (non-hydrogen) atoms. The van der Waals surface area contributed by atoms with Gasteiger partial charge in [0.05, 0.1) is 0 Å². The van der Waals surface area contributed by atoms with Crippen molar-refractivity contribution < 1.29 is 4.43 Å². The highest BCUT2D eigenvalue weighted by Gasteiger charge is 1.95. The summed E-state index contributed by atoms with van der Waals surface area (Å²) in [5, 5.41) is 0.845. The minimum absolute atomic E-state index is 0.845. The Bertz CT molecular complexity index is 336. The van der Waals surface area contributed by atoms with Gasteiger partial charge < -0.3 is 4.43 Å². The van der Waals surface area contributed by atoms with E-state index in [1.807, 2.05) is 18.2 Å². The monoisotopic (exact) mass is 254 g/mol. The Balaban J connectivity index is 2.24. The molecule has 1 rings (SSSR count). The Morgan fingerprint density at radius 3 is 2.69 bits per heavy atom. The first-order valence-corrected chi connectivity index (χ1v) is 8.86. The maximum absolute atomic E-state index is 6.05. The van der Waals surface area contributed by atoms with E-state index in [4.69, 9.17) is 16.0 Å². The molecule has 0 saturated carbocycles. The third kappa shape index (κ3) is 5.49. The van der Waals surface area contributed by atoms with E-state index in [1.165, 1.54) is 5.56 Å². The lowest BCUT2D eigenvalue weighted by Gasteiger charge is -2.03. The smallest absolute Gasteiger partial charge is 0.170 e. The number of allylic oxidation sites excluding steroid dienone is 1. The number of benzene rings is 1. The van der Waals surface area contributed by atoms with Gasteiger partial charge in [-0.05, 0) is 37.6 Å². The molecule has 0 aliphatic rings. The fourth-order valence-corrected chi connectivity index (χ4v) is 2.18. The van der Waals surface area contributed by atoms with E-state index in [9.17, 15) is 0 Å². The molecule has 0 bridgehead atoms. The van der Waals surface area contributed by atoms with Crippen molar-refractivity contribution in [3.8, 4) is 0 Å². The van der Waals surface area contributed by atoms with Gasteiger partial charge in [0.15, 0.2) is 9.04 Å². The molecule has 1 aromatic rings. The maximum atomic E-state index is 6.05. The highest BCUT2D eigenvalue weighted by atomic mass is 35.5. The molecule has 88 valence electrons. The molecule has 0 spiro atoms. The van der Waals surface area contributed by atoms with Crippen molar-refractivity contribution >= 4 is 20.6 Å². The molecule has 0 aliphatic carbocycles. The fraction of sp³-hybridized carbons (Fsp3) is 0.385. The Morgan fingerprint density at radius 1 is 1.25 bits per heavy atom. The molecule has 0 aliphatic heterocycles. The minimum Gasteiger partial charge on any atom is -0.420 e. The van der Waals surface area contributed by atoms with Gasteiger partial charge in [0.2, 0.25) is 0 Å². The van der Waals surface area contributed by atoms with Crippen LogP contribution in [0.1, 0.15) is 12.0 Å². The first kappa shape index (κ1) is 13.5. The van der Waals surface area contributed by atoms with Crippen molar-refractivity contribution in [1.29, 1.82) is 0 Å². The second-order valence-corrected chi connectivity index (χ2v) is 6.81. The highest BCUT2D eigenvalue weighted by Crippen LogP contribution is 2.15. The predicted molar refractivity (Wildman–Crippen MR) is 73.7 cm³/mol. The summed E-state index contributed by atoms with van der Waals surface area (Å²) < 4.78 is 5.58. The largest absolute Gasteiger partial charge is 0.420 e. The Labute approximate surface area is 105 Å². The van der Waals surface area contributed by atoms with Gasteiger partial charge in [-0.2, -0.15) is 0 Å². The van der Waals surface area contributed by atoms with Crippen molar-refractivity contribution in [2.75, 3.05) is 6.61 Å².